The number of benzene rings is 3. The largest absolute Gasteiger partial charge is 0.495 e. The summed E-state index contributed by atoms with van der Waals surface area (Å²) in [6.45, 7) is 6.73. The second-order valence-corrected chi connectivity index (χ2v) is 8.31. The highest BCUT2D eigenvalue weighted by molar-refractivity contribution is 5.71. The molecule has 1 saturated heterocycles. The van der Waals surface area contributed by atoms with E-state index in [4.69, 9.17) is 9.47 Å². The first-order valence-corrected chi connectivity index (χ1v) is 10.9. The predicted molar refractivity (Wildman–Crippen MR) is 126 cm³/mol. The molecule has 31 heavy (non-hydrogen) atoms. The quantitative estimate of drug-likeness (QED) is 0.612. The molecule has 1 unspecified atom stereocenters. The van der Waals surface area contributed by atoms with Gasteiger partial charge >= 0.3 is 0 Å². The van der Waals surface area contributed by atoms with Gasteiger partial charge in [0.05, 0.1) is 25.0 Å². The van der Waals surface area contributed by atoms with Gasteiger partial charge in [0.1, 0.15) is 11.5 Å². The van der Waals surface area contributed by atoms with Crippen LogP contribution in [0.25, 0.3) is 0 Å². The Balaban J connectivity index is 1.38. The molecule has 0 saturated carbocycles. The molecule has 3 aromatic rings. The fourth-order valence-corrected chi connectivity index (χ4v) is 4.73. The second-order valence-electron chi connectivity index (χ2n) is 8.31. The Morgan fingerprint density at radius 3 is 2.16 bits per heavy atom. The van der Waals surface area contributed by atoms with E-state index in [-0.39, 0.29) is 0 Å². The van der Waals surface area contributed by atoms with Crippen LogP contribution in [0.1, 0.15) is 6.92 Å². The van der Waals surface area contributed by atoms with Gasteiger partial charge in [0.15, 0.2) is 5.72 Å². The lowest BCUT2D eigenvalue weighted by Gasteiger charge is -2.50. The molecule has 0 bridgehead atoms. The van der Waals surface area contributed by atoms with Gasteiger partial charge in [-0.1, -0.05) is 42.5 Å². The van der Waals surface area contributed by atoms with E-state index in [1.54, 1.807) is 7.11 Å². The molecule has 0 amide bonds. The summed E-state index contributed by atoms with van der Waals surface area (Å²) in [5.41, 5.74) is 3.07. The second kappa shape index (κ2) is 8.16. The van der Waals surface area contributed by atoms with E-state index in [2.05, 4.69) is 82.3 Å². The van der Waals surface area contributed by atoms with Crippen LogP contribution >= 0.6 is 0 Å². The van der Waals surface area contributed by atoms with Crippen molar-refractivity contribution in [2.24, 2.45) is 0 Å². The van der Waals surface area contributed by atoms with E-state index < -0.39 is 5.72 Å². The van der Waals surface area contributed by atoms with Crippen molar-refractivity contribution in [1.82, 2.24) is 4.90 Å². The fraction of sp³-hybridized carbons (Fsp3) is 0.308. The highest BCUT2D eigenvalue weighted by Gasteiger charge is 2.42. The summed E-state index contributed by atoms with van der Waals surface area (Å²) >= 11 is 0. The lowest BCUT2D eigenvalue weighted by Crippen LogP contribution is -2.63. The first-order chi connectivity index (χ1) is 15.2. The summed E-state index contributed by atoms with van der Waals surface area (Å²) < 4.78 is 12.2. The monoisotopic (exact) mass is 415 g/mol. The topological polar surface area (TPSA) is 28.2 Å². The molecule has 2 aliphatic heterocycles. The Kier molecular flexibility index (Phi) is 5.20. The number of methoxy groups -OCH3 is 1. The Morgan fingerprint density at radius 1 is 0.774 bits per heavy atom. The lowest BCUT2D eigenvalue weighted by molar-refractivity contribution is -0.0708. The van der Waals surface area contributed by atoms with Crippen molar-refractivity contribution in [1.29, 1.82) is 0 Å². The first kappa shape index (κ1) is 19.8. The zero-order valence-electron chi connectivity index (χ0n) is 18.2. The molecule has 5 heteroatoms. The molecule has 160 valence electrons. The van der Waals surface area contributed by atoms with Crippen molar-refractivity contribution < 1.29 is 9.47 Å². The number of nitrogens with zero attached hydrogens (tertiary/aromatic N) is 3. The number of ether oxygens (including phenoxy) is 2. The van der Waals surface area contributed by atoms with E-state index in [9.17, 15) is 0 Å². The number of hydrogen-bond donors (Lipinski definition) is 0. The molecule has 1 atom stereocenters. The van der Waals surface area contributed by atoms with Crippen molar-refractivity contribution in [2.45, 2.75) is 12.6 Å². The van der Waals surface area contributed by atoms with Crippen LogP contribution in [0.3, 0.4) is 0 Å². The third-order valence-corrected chi connectivity index (χ3v) is 6.38. The smallest absolute Gasteiger partial charge is 0.178 e. The van der Waals surface area contributed by atoms with Gasteiger partial charge in [0.25, 0.3) is 0 Å². The minimum atomic E-state index is -0.406. The molecule has 5 nitrogen and oxygen atoms in total. The van der Waals surface area contributed by atoms with Crippen molar-refractivity contribution in [3.8, 4) is 11.5 Å². The molecule has 0 spiro atoms. The number of para-hydroxylation sites is 5. The highest BCUT2D eigenvalue weighted by atomic mass is 16.5. The highest BCUT2D eigenvalue weighted by Crippen LogP contribution is 2.42. The SMILES string of the molecule is COc1ccccc1N1CCN(C2(C)CN(c3ccccc3)c3ccccc3O2)CC1. The zero-order valence-corrected chi connectivity index (χ0v) is 18.2. The molecule has 0 N–H and O–H groups in total. The molecule has 0 aromatic heterocycles. The van der Waals surface area contributed by atoms with Crippen molar-refractivity contribution in [3.05, 3.63) is 78.9 Å². The Labute approximate surface area is 184 Å². The summed E-state index contributed by atoms with van der Waals surface area (Å²) in [6, 6.07) is 27.2. The van der Waals surface area contributed by atoms with Gasteiger partial charge in [0, 0.05) is 31.9 Å². The maximum atomic E-state index is 6.64. The molecular formula is C26H29N3O2. The van der Waals surface area contributed by atoms with E-state index in [1.807, 2.05) is 18.2 Å². The molecule has 0 aliphatic carbocycles. The van der Waals surface area contributed by atoms with Crippen LogP contribution < -0.4 is 19.3 Å². The number of hydrogen-bond acceptors (Lipinski definition) is 5. The van der Waals surface area contributed by atoms with Gasteiger partial charge in [-0.3, -0.25) is 4.90 Å². The van der Waals surface area contributed by atoms with Crippen LogP contribution in [0.15, 0.2) is 78.9 Å². The van der Waals surface area contributed by atoms with Gasteiger partial charge < -0.3 is 19.3 Å². The number of rotatable bonds is 4. The third-order valence-electron chi connectivity index (χ3n) is 6.38. The van der Waals surface area contributed by atoms with E-state index in [0.717, 1.165) is 55.6 Å². The van der Waals surface area contributed by atoms with E-state index in [0.29, 0.717) is 0 Å². The fourth-order valence-electron chi connectivity index (χ4n) is 4.73. The van der Waals surface area contributed by atoms with Crippen molar-refractivity contribution in [3.63, 3.8) is 0 Å². The minimum Gasteiger partial charge on any atom is -0.495 e. The Hall–Kier alpha value is -3.18. The molecule has 2 heterocycles. The van der Waals surface area contributed by atoms with Gasteiger partial charge in [-0.25, -0.2) is 0 Å². The normalized spacial score (nSPS) is 21.4. The maximum Gasteiger partial charge on any atom is 0.178 e. The molecular weight excluding hydrogens is 386 g/mol. The summed E-state index contributed by atoms with van der Waals surface area (Å²) in [5, 5.41) is 0. The van der Waals surface area contributed by atoms with Gasteiger partial charge in [-0.2, -0.15) is 0 Å². The average Bonchev–Trinajstić information content (AvgIpc) is 2.84. The van der Waals surface area contributed by atoms with E-state index in [1.165, 1.54) is 5.69 Å². The van der Waals surface area contributed by atoms with Gasteiger partial charge in [-0.15, -0.1) is 0 Å². The third kappa shape index (κ3) is 3.70. The number of fused-ring (bicyclic) bond motifs is 1. The number of piperazine rings is 1. The van der Waals surface area contributed by atoms with Crippen LogP contribution in [-0.4, -0.2) is 50.5 Å². The summed E-state index contributed by atoms with van der Waals surface area (Å²) in [6.07, 6.45) is 0. The summed E-state index contributed by atoms with van der Waals surface area (Å²) in [5.74, 6) is 1.87. The van der Waals surface area contributed by atoms with Crippen LogP contribution in [0.2, 0.25) is 0 Å². The Bertz CT molecular complexity index is 1030. The van der Waals surface area contributed by atoms with Crippen molar-refractivity contribution >= 4 is 17.1 Å². The zero-order chi connectivity index (χ0) is 21.3. The van der Waals surface area contributed by atoms with Crippen LogP contribution in [-0.2, 0) is 0 Å². The summed E-state index contributed by atoms with van der Waals surface area (Å²) in [4.78, 5) is 7.26. The summed E-state index contributed by atoms with van der Waals surface area (Å²) in [7, 11) is 1.74. The average molecular weight is 416 g/mol. The van der Waals surface area contributed by atoms with Crippen LogP contribution in [0, 0.1) is 0 Å². The first-order valence-electron chi connectivity index (χ1n) is 10.9. The minimum absolute atomic E-state index is 0.406. The lowest BCUT2D eigenvalue weighted by atomic mass is 10.1. The molecule has 0 radical (unpaired) electrons. The molecule has 3 aromatic carbocycles. The molecule has 1 fully saturated rings. The van der Waals surface area contributed by atoms with Gasteiger partial charge in [0.2, 0.25) is 0 Å². The Morgan fingerprint density at radius 2 is 1.42 bits per heavy atom. The maximum absolute atomic E-state index is 6.64. The number of anilines is 3. The molecule has 2 aliphatic rings. The molecule has 5 rings (SSSR count). The standard InChI is InChI=1S/C26H29N3O2/c1-26(28-18-16-27(17-19-28)22-12-6-8-14-24(22)30-2)20-29(21-10-4-3-5-11-21)23-13-7-9-15-25(23)31-26/h3-15H,16-20H2,1-2H3. The van der Waals surface area contributed by atoms with Gasteiger partial charge in [-0.05, 0) is 43.3 Å². The predicted octanol–water partition coefficient (Wildman–Crippen LogP) is 4.76. The van der Waals surface area contributed by atoms with Crippen LogP contribution in [0.5, 0.6) is 11.5 Å². The van der Waals surface area contributed by atoms with E-state index >= 15 is 0 Å². The van der Waals surface area contributed by atoms with Crippen molar-refractivity contribution in [2.75, 3.05) is 49.6 Å². The van der Waals surface area contributed by atoms with Crippen LogP contribution in [0.4, 0.5) is 17.1 Å².